The molecule has 0 saturated carbocycles. The van der Waals surface area contributed by atoms with E-state index in [9.17, 15) is 4.79 Å². The van der Waals surface area contributed by atoms with Gasteiger partial charge in [0.2, 0.25) is 11.9 Å². The molecular weight excluding hydrogens is 320 g/mol. The molecule has 0 fully saturated rings. The SMILES string of the molecule is C#CCOc1c(Cl)cc(C2CC(=O)Nc3ncnn32)cc1OC. The van der Waals surface area contributed by atoms with Gasteiger partial charge in [-0.05, 0) is 17.7 Å². The van der Waals surface area contributed by atoms with Crippen LogP contribution in [0.25, 0.3) is 0 Å². The molecule has 2 heterocycles. The molecule has 0 bridgehead atoms. The molecule has 3 rings (SSSR count). The van der Waals surface area contributed by atoms with Gasteiger partial charge in [0.05, 0.1) is 24.6 Å². The Bertz CT molecular complexity index is 797. The van der Waals surface area contributed by atoms with Gasteiger partial charge in [-0.3, -0.25) is 10.1 Å². The molecule has 2 aromatic rings. The van der Waals surface area contributed by atoms with Crippen molar-refractivity contribution in [2.24, 2.45) is 0 Å². The van der Waals surface area contributed by atoms with Crippen molar-refractivity contribution in [2.75, 3.05) is 19.0 Å². The van der Waals surface area contributed by atoms with Gasteiger partial charge in [-0.25, -0.2) is 4.68 Å². The number of terminal acetylenes is 1. The van der Waals surface area contributed by atoms with Crippen molar-refractivity contribution in [3.8, 4) is 23.8 Å². The number of fused-ring (bicyclic) bond motifs is 1. The monoisotopic (exact) mass is 332 g/mol. The van der Waals surface area contributed by atoms with Crippen LogP contribution >= 0.6 is 11.6 Å². The third kappa shape index (κ3) is 2.81. The van der Waals surface area contributed by atoms with Crippen LogP contribution in [0.1, 0.15) is 18.0 Å². The zero-order valence-electron chi connectivity index (χ0n) is 12.2. The molecule has 1 atom stereocenters. The Kier molecular flexibility index (Phi) is 4.08. The Morgan fingerprint density at radius 2 is 2.39 bits per heavy atom. The second-order valence-corrected chi connectivity index (χ2v) is 5.23. The van der Waals surface area contributed by atoms with Gasteiger partial charge in [0.25, 0.3) is 0 Å². The largest absolute Gasteiger partial charge is 0.493 e. The first-order chi connectivity index (χ1) is 11.1. The molecule has 118 valence electrons. The predicted molar refractivity (Wildman–Crippen MR) is 83.7 cm³/mol. The highest BCUT2D eigenvalue weighted by Gasteiger charge is 2.29. The number of hydrogen-bond acceptors (Lipinski definition) is 5. The molecule has 1 aromatic carbocycles. The van der Waals surface area contributed by atoms with E-state index in [-0.39, 0.29) is 25.0 Å². The first kappa shape index (κ1) is 15.2. The average Bonchev–Trinajstić information content (AvgIpc) is 3.00. The van der Waals surface area contributed by atoms with Crippen molar-refractivity contribution in [2.45, 2.75) is 12.5 Å². The number of nitrogens with zero attached hydrogens (tertiary/aromatic N) is 3. The molecule has 23 heavy (non-hydrogen) atoms. The summed E-state index contributed by atoms with van der Waals surface area (Å²) in [5.74, 6) is 3.44. The number of amides is 1. The predicted octanol–water partition coefficient (Wildman–Crippen LogP) is 1.88. The molecular formula is C15H13ClN4O3. The van der Waals surface area contributed by atoms with Crippen LogP contribution in [0.4, 0.5) is 5.95 Å². The smallest absolute Gasteiger partial charge is 0.229 e. The molecule has 0 saturated heterocycles. The van der Waals surface area contributed by atoms with E-state index in [0.29, 0.717) is 22.5 Å². The Morgan fingerprint density at radius 3 is 3.13 bits per heavy atom. The maximum atomic E-state index is 11.9. The summed E-state index contributed by atoms with van der Waals surface area (Å²) in [6.45, 7) is 0.0779. The number of anilines is 1. The number of benzene rings is 1. The van der Waals surface area contributed by atoms with Crippen LogP contribution < -0.4 is 14.8 Å². The molecule has 0 spiro atoms. The van der Waals surface area contributed by atoms with E-state index in [4.69, 9.17) is 27.5 Å². The van der Waals surface area contributed by atoms with E-state index in [0.717, 1.165) is 5.56 Å². The van der Waals surface area contributed by atoms with Crippen LogP contribution in [0.2, 0.25) is 5.02 Å². The molecule has 1 unspecified atom stereocenters. The topological polar surface area (TPSA) is 78.3 Å². The second-order valence-electron chi connectivity index (χ2n) is 4.82. The van der Waals surface area contributed by atoms with Gasteiger partial charge < -0.3 is 9.47 Å². The first-order valence-electron chi connectivity index (χ1n) is 6.77. The summed E-state index contributed by atoms with van der Waals surface area (Å²) in [6.07, 6.45) is 6.81. The van der Waals surface area contributed by atoms with Crippen molar-refractivity contribution in [3.63, 3.8) is 0 Å². The van der Waals surface area contributed by atoms with Crippen LogP contribution in [-0.2, 0) is 4.79 Å². The lowest BCUT2D eigenvalue weighted by Gasteiger charge is -2.24. The molecule has 1 aliphatic rings. The van der Waals surface area contributed by atoms with Crippen molar-refractivity contribution in [1.82, 2.24) is 14.8 Å². The lowest BCUT2D eigenvalue weighted by molar-refractivity contribution is -0.117. The minimum Gasteiger partial charge on any atom is -0.493 e. The fourth-order valence-corrected chi connectivity index (χ4v) is 2.72. The van der Waals surface area contributed by atoms with Gasteiger partial charge in [0.15, 0.2) is 11.5 Å². The van der Waals surface area contributed by atoms with E-state index in [1.54, 1.807) is 16.8 Å². The Balaban J connectivity index is 2.03. The fourth-order valence-electron chi connectivity index (χ4n) is 2.45. The number of ether oxygens (including phenoxy) is 2. The average molecular weight is 333 g/mol. The van der Waals surface area contributed by atoms with E-state index in [1.165, 1.54) is 13.4 Å². The number of halogens is 1. The molecule has 1 N–H and O–H groups in total. The normalized spacial score (nSPS) is 16.2. The summed E-state index contributed by atoms with van der Waals surface area (Å²) < 4.78 is 12.4. The third-order valence-electron chi connectivity index (χ3n) is 3.43. The molecule has 8 heteroatoms. The Morgan fingerprint density at radius 1 is 1.57 bits per heavy atom. The van der Waals surface area contributed by atoms with Crippen LogP contribution in [0.3, 0.4) is 0 Å². The zero-order chi connectivity index (χ0) is 16.4. The van der Waals surface area contributed by atoms with Gasteiger partial charge in [0, 0.05) is 0 Å². The molecule has 0 aliphatic carbocycles. The van der Waals surface area contributed by atoms with Gasteiger partial charge in [0.1, 0.15) is 12.9 Å². The standard InChI is InChI=1S/C15H13ClN4O3/c1-3-4-23-14-10(16)5-9(6-12(14)22-2)11-7-13(21)19-15-17-8-18-20(11)15/h1,5-6,8,11H,4,7H2,2H3,(H,17,18,19,21). The number of hydrogen-bond donors (Lipinski definition) is 1. The van der Waals surface area contributed by atoms with E-state index in [2.05, 4.69) is 21.3 Å². The summed E-state index contributed by atoms with van der Waals surface area (Å²) in [4.78, 5) is 15.9. The third-order valence-corrected chi connectivity index (χ3v) is 3.72. The highest BCUT2D eigenvalue weighted by atomic mass is 35.5. The van der Waals surface area contributed by atoms with Crippen molar-refractivity contribution < 1.29 is 14.3 Å². The lowest BCUT2D eigenvalue weighted by atomic mass is 10.0. The minimum absolute atomic E-state index is 0.0779. The first-order valence-corrected chi connectivity index (χ1v) is 7.15. The maximum absolute atomic E-state index is 11.9. The second kappa shape index (κ2) is 6.18. The summed E-state index contributed by atoms with van der Waals surface area (Å²) in [6, 6.07) is 3.14. The van der Waals surface area contributed by atoms with Crippen molar-refractivity contribution >= 4 is 23.5 Å². The molecule has 1 amide bonds. The van der Waals surface area contributed by atoms with Crippen LogP contribution in [-0.4, -0.2) is 34.4 Å². The minimum atomic E-state index is -0.325. The van der Waals surface area contributed by atoms with Gasteiger partial charge in [-0.1, -0.05) is 17.5 Å². The highest BCUT2D eigenvalue weighted by molar-refractivity contribution is 6.32. The van der Waals surface area contributed by atoms with Crippen LogP contribution in [0.5, 0.6) is 11.5 Å². The van der Waals surface area contributed by atoms with Crippen LogP contribution in [0, 0.1) is 12.3 Å². The van der Waals surface area contributed by atoms with Crippen molar-refractivity contribution in [3.05, 3.63) is 29.0 Å². The zero-order valence-corrected chi connectivity index (χ0v) is 13.0. The van der Waals surface area contributed by atoms with Crippen molar-refractivity contribution in [1.29, 1.82) is 0 Å². The number of aromatic nitrogens is 3. The lowest BCUT2D eigenvalue weighted by Crippen LogP contribution is -2.29. The highest BCUT2D eigenvalue weighted by Crippen LogP contribution is 2.40. The van der Waals surface area contributed by atoms with Gasteiger partial charge in [-0.2, -0.15) is 10.1 Å². The summed E-state index contributed by atoms with van der Waals surface area (Å²) in [5.41, 5.74) is 0.765. The van der Waals surface area contributed by atoms with Crippen LogP contribution in [0.15, 0.2) is 18.5 Å². The summed E-state index contributed by atoms with van der Waals surface area (Å²) in [7, 11) is 1.51. The maximum Gasteiger partial charge on any atom is 0.229 e. The quantitative estimate of drug-likeness (QED) is 0.865. The number of methoxy groups -OCH3 is 1. The fraction of sp³-hybridized carbons (Fsp3) is 0.267. The number of rotatable bonds is 4. The Labute approximate surface area is 137 Å². The molecule has 0 radical (unpaired) electrons. The van der Waals surface area contributed by atoms with E-state index < -0.39 is 0 Å². The van der Waals surface area contributed by atoms with Gasteiger partial charge >= 0.3 is 0 Å². The summed E-state index contributed by atoms with van der Waals surface area (Å²) in [5, 5.41) is 7.17. The Hall–Kier alpha value is -2.72. The van der Waals surface area contributed by atoms with E-state index in [1.807, 2.05) is 0 Å². The number of carbonyl (C=O) groups excluding carboxylic acids is 1. The number of carbonyl (C=O) groups is 1. The molecule has 1 aromatic heterocycles. The summed E-state index contributed by atoms with van der Waals surface area (Å²) >= 11 is 6.29. The van der Waals surface area contributed by atoms with E-state index >= 15 is 0 Å². The number of nitrogens with one attached hydrogen (secondary N) is 1. The van der Waals surface area contributed by atoms with Gasteiger partial charge in [-0.15, -0.1) is 6.42 Å². The molecule has 1 aliphatic heterocycles. The molecule has 7 nitrogen and oxygen atoms in total.